The molecule has 106 valence electrons. The van der Waals surface area contributed by atoms with E-state index in [4.69, 9.17) is 5.11 Å². The molecule has 1 aliphatic rings. The summed E-state index contributed by atoms with van der Waals surface area (Å²) in [5.41, 5.74) is 0.974. The number of aryl methyl sites for hydroxylation is 1. The maximum Gasteiger partial charge on any atom is 0.308 e. The number of hydrogen-bond acceptors (Lipinski definition) is 5. The van der Waals surface area contributed by atoms with E-state index in [0.717, 1.165) is 30.9 Å². The lowest BCUT2D eigenvalue weighted by atomic mass is 10.1. The zero-order chi connectivity index (χ0) is 14.1. The number of carbonyl (C=O) groups is 1. The molecule has 1 atom stereocenters. The Labute approximate surface area is 116 Å². The number of anilines is 1. The van der Waals surface area contributed by atoms with Gasteiger partial charge in [0.15, 0.2) is 0 Å². The summed E-state index contributed by atoms with van der Waals surface area (Å²) in [6.45, 7) is 3.34. The van der Waals surface area contributed by atoms with Crippen molar-refractivity contribution >= 4 is 17.6 Å². The van der Waals surface area contributed by atoms with E-state index in [1.165, 1.54) is 6.33 Å². The van der Waals surface area contributed by atoms with Crippen molar-refractivity contribution in [1.82, 2.24) is 19.6 Å². The van der Waals surface area contributed by atoms with Gasteiger partial charge in [0.25, 0.3) is 5.78 Å². The summed E-state index contributed by atoms with van der Waals surface area (Å²) < 4.78 is 1.68. The summed E-state index contributed by atoms with van der Waals surface area (Å²) in [5, 5.41) is 13.3. The fourth-order valence-electron chi connectivity index (χ4n) is 2.62. The van der Waals surface area contributed by atoms with Gasteiger partial charge in [-0.2, -0.15) is 14.6 Å². The first kappa shape index (κ1) is 12.8. The molecule has 7 heteroatoms. The Balaban J connectivity index is 1.97. The van der Waals surface area contributed by atoms with Gasteiger partial charge in [0.1, 0.15) is 12.1 Å². The van der Waals surface area contributed by atoms with Crippen molar-refractivity contribution in [3.05, 3.63) is 18.1 Å². The summed E-state index contributed by atoms with van der Waals surface area (Å²) in [5.74, 6) is 0.422. The van der Waals surface area contributed by atoms with Crippen molar-refractivity contribution < 1.29 is 9.90 Å². The zero-order valence-corrected chi connectivity index (χ0v) is 11.4. The molecule has 0 saturated carbocycles. The first-order chi connectivity index (χ1) is 9.69. The van der Waals surface area contributed by atoms with Crippen LogP contribution in [0.25, 0.3) is 5.78 Å². The molecule has 0 aromatic carbocycles. The van der Waals surface area contributed by atoms with Crippen LogP contribution in [0.5, 0.6) is 0 Å². The highest BCUT2D eigenvalue weighted by Crippen LogP contribution is 2.24. The molecule has 0 radical (unpaired) electrons. The van der Waals surface area contributed by atoms with Crippen LogP contribution in [0.2, 0.25) is 0 Å². The van der Waals surface area contributed by atoms with Gasteiger partial charge < -0.3 is 10.0 Å². The molecule has 1 saturated heterocycles. The van der Waals surface area contributed by atoms with Crippen molar-refractivity contribution in [1.29, 1.82) is 0 Å². The van der Waals surface area contributed by atoms with Gasteiger partial charge in [-0.3, -0.25) is 4.79 Å². The topological polar surface area (TPSA) is 83.6 Å². The Morgan fingerprint density at radius 1 is 1.55 bits per heavy atom. The number of hydrogen-bond donors (Lipinski definition) is 1. The van der Waals surface area contributed by atoms with Crippen LogP contribution >= 0.6 is 0 Å². The summed E-state index contributed by atoms with van der Waals surface area (Å²) in [4.78, 5) is 21.7. The minimum atomic E-state index is -0.731. The molecule has 7 nitrogen and oxygen atoms in total. The van der Waals surface area contributed by atoms with Gasteiger partial charge in [-0.15, -0.1) is 0 Å². The number of fused-ring (bicyclic) bond motifs is 1. The lowest BCUT2D eigenvalue weighted by Crippen LogP contribution is -2.25. The van der Waals surface area contributed by atoms with E-state index in [1.807, 2.05) is 6.07 Å². The van der Waals surface area contributed by atoms with E-state index in [-0.39, 0.29) is 5.92 Å². The SMILES string of the molecule is CCCc1cc(N2CCC(C(=O)O)C2)n2ncnc2n1. The third kappa shape index (κ3) is 2.19. The lowest BCUT2D eigenvalue weighted by Gasteiger charge is -2.19. The average molecular weight is 275 g/mol. The number of rotatable bonds is 4. The van der Waals surface area contributed by atoms with Gasteiger partial charge in [0.2, 0.25) is 0 Å². The Morgan fingerprint density at radius 2 is 2.40 bits per heavy atom. The quantitative estimate of drug-likeness (QED) is 0.895. The van der Waals surface area contributed by atoms with Crippen LogP contribution in [0.4, 0.5) is 5.82 Å². The van der Waals surface area contributed by atoms with Crippen molar-refractivity contribution in [2.45, 2.75) is 26.2 Å². The third-order valence-corrected chi connectivity index (χ3v) is 3.65. The van der Waals surface area contributed by atoms with Crippen molar-refractivity contribution in [3.8, 4) is 0 Å². The number of carboxylic acids is 1. The standard InChI is InChI=1S/C13H17N5O2/c1-2-3-10-6-11(18-13(16-10)14-8-15-18)17-5-4-9(7-17)12(19)20/h6,8-9H,2-5,7H2,1H3,(H,19,20). The van der Waals surface area contributed by atoms with E-state index < -0.39 is 5.97 Å². The van der Waals surface area contributed by atoms with Crippen LogP contribution in [0.3, 0.4) is 0 Å². The highest BCUT2D eigenvalue weighted by molar-refractivity contribution is 5.72. The van der Waals surface area contributed by atoms with Crippen molar-refractivity contribution in [2.75, 3.05) is 18.0 Å². The molecule has 1 N–H and O–H groups in total. The van der Waals surface area contributed by atoms with Crippen LogP contribution in [0.1, 0.15) is 25.5 Å². The highest BCUT2D eigenvalue weighted by atomic mass is 16.4. The Morgan fingerprint density at radius 3 is 3.10 bits per heavy atom. The molecule has 0 spiro atoms. The molecule has 3 heterocycles. The lowest BCUT2D eigenvalue weighted by molar-refractivity contribution is -0.140. The van der Waals surface area contributed by atoms with E-state index in [0.29, 0.717) is 18.7 Å². The number of nitrogens with zero attached hydrogens (tertiary/aromatic N) is 5. The normalized spacial score (nSPS) is 18.9. The number of aliphatic carboxylic acids is 1. The first-order valence-electron chi connectivity index (χ1n) is 6.86. The molecule has 0 aliphatic carbocycles. The third-order valence-electron chi connectivity index (χ3n) is 3.65. The molecular weight excluding hydrogens is 258 g/mol. The second-order valence-corrected chi connectivity index (χ2v) is 5.10. The predicted molar refractivity (Wildman–Crippen MR) is 72.7 cm³/mol. The van der Waals surface area contributed by atoms with Gasteiger partial charge in [0.05, 0.1) is 5.92 Å². The maximum atomic E-state index is 11.1. The second kappa shape index (κ2) is 5.07. The van der Waals surface area contributed by atoms with Gasteiger partial charge in [-0.1, -0.05) is 13.3 Å². The summed E-state index contributed by atoms with van der Waals surface area (Å²) >= 11 is 0. The number of aromatic nitrogens is 4. The second-order valence-electron chi connectivity index (χ2n) is 5.10. The maximum absolute atomic E-state index is 11.1. The molecule has 1 unspecified atom stereocenters. The average Bonchev–Trinajstić information content (AvgIpc) is 3.07. The van der Waals surface area contributed by atoms with Crippen LogP contribution in [0.15, 0.2) is 12.4 Å². The van der Waals surface area contributed by atoms with E-state index in [1.54, 1.807) is 4.52 Å². The molecule has 0 amide bonds. The summed E-state index contributed by atoms with van der Waals surface area (Å²) in [6.07, 6.45) is 4.03. The Hall–Kier alpha value is -2.18. The van der Waals surface area contributed by atoms with Crippen molar-refractivity contribution in [2.24, 2.45) is 5.92 Å². The van der Waals surface area contributed by atoms with Gasteiger partial charge >= 0.3 is 5.97 Å². The van der Waals surface area contributed by atoms with Crippen LogP contribution in [-0.2, 0) is 11.2 Å². The summed E-state index contributed by atoms with van der Waals surface area (Å²) in [6, 6.07) is 2.00. The molecule has 20 heavy (non-hydrogen) atoms. The Kier molecular flexibility index (Phi) is 3.25. The highest BCUT2D eigenvalue weighted by Gasteiger charge is 2.29. The van der Waals surface area contributed by atoms with Gasteiger partial charge in [0, 0.05) is 24.8 Å². The molecule has 1 aliphatic heterocycles. The molecule has 0 bridgehead atoms. The Bertz CT molecular complexity index is 639. The van der Waals surface area contributed by atoms with E-state index >= 15 is 0 Å². The minimum absolute atomic E-state index is 0.309. The first-order valence-corrected chi connectivity index (χ1v) is 6.86. The van der Waals surface area contributed by atoms with Crippen LogP contribution in [0, 0.1) is 5.92 Å². The molecule has 1 fully saturated rings. The fraction of sp³-hybridized carbons (Fsp3) is 0.538. The zero-order valence-electron chi connectivity index (χ0n) is 11.4. The van der Waals surface area contributed by atoms with Crippen molar-refractivity contribution in [3.63, 3.8) is 0 Å². The van der Waals surface area contributed by atoms with Crippen LogP contribution < -0.4 is 4.90 Å². The van der Waals surface area contributed by atoms with E-state index in [9.17, 15) is 4.79 Å². The summed E-state index contributed by atoms with van der Waals surface area (Å²) in [7, 11) is 0. The monoisotopic (exact) mass is 275 g/mol. The smallest absolute Gasteiger partial charge is 0.308 e. The largest absolute Gasteiger partial charge is 0.481 e. The molecule has 2 aromatic rings. The predicted octanol–water partition coefficient (Wildman–Crippen LogP) is 0.988. The van der Waals surface area contributed by atoms with Crippen LogP contribution in [-0.4, -0.2) is 43.7 Å². The minimum Gasteiger partial charge on any atom is -0.481 e. The number of carboxylic acid groups (broad SMARTS) is 1. The fourth-order valence-corrected chi connectivity index (χ4v) is 2.62. The molecule has 3 rings (SSSR count). The van der Waals surface area contributed by atoms with Gasteiger partial charge in [-0.05, 0) is 12.8 Å². The van der Waals surface area contributed by atoms with E-state index in [2.05, 4.69) is 26.9 Å². The molecular formula is C13H17N5O2. The molecule has 2 aromatic heterocycles. The van der Waals surface area contributed by atoms with Gasteiger partial charge in [-0.25, -0.2) is 4.98 Å².